The molecule has 0 amide bonds. The van der Waals surface area contributed by atoms with Crippen LogP contribution < -0.4 is 0 Å². The largest absolute Gasteiger partial charge is 0.389 e. The first-order chi connectivity index (χ1) is 4.77. The third kappa shape index (κ3) is 7.70. The van der Waals surface area contributed by atoms with Crippen LogP contribution in [0.2, 0.25) is 0 Å². The van der Waals surface area contributed by atoms with Crippen LogP contribution in [-0.2, 0) is 0 Å². The van der Waals surface area contributed by atoms with Crippen LogP contribution in [0.15, 0.2) is 12.2 Å². The lowest BCUT2D eigenvalue weighted by Crippen LogP contribution is -1.91. The zero-order chi connectivity index (χ0) is 7.82. The molecule has 0 spiro atoms. The summed E-state index contributed by atoms with van der Waals surface area (Å²) in [5, 5.41) is 8.82. The summed E-state index contributed by atoms with van der Waals surface area (Å²) in [5.74, 6) is 0. The molecule has 1 heteroatoms. The van der Waals surface area contributed by atoms with E-state index in [0.717, 1.165) is 6.42 Å². The molecule has 1 N–H and O–H groups in total. The molecular formula is C9H18O. The van der Waals surface area contributed by atoms with Crippen molar-refractivity contribution in [1.82, 2.24) is 0 Å². The highest BCUT2D eigenvalue weighted by Gasteiger charge is 1.84. The molecule has 0 aliphatic carbocycles. The standard InChI is InChI=1S/C9H18O/c1-3-4-5-6-7-8-9(2)10/h7-10H,3-6H2,1-2H3. The lowest BCUT2D eigenvalue weighted by Gasteiger charge is -1.93. The highest BCUT2D eigenvalue weighted by molar-refractivity contribution is 4.85. The molecule has 0 fully saturated rings. The van der Waals surface area contributed by atoms with Gasteiger partial charge in [-0.2, -0.15) is 0 Å². The van der Waals surface area contributed by atoms with Gasteiger partial charge in [0.1, 0.15) is 0 Å². The minimum atomic E-state index is -0.276. The highest BCUT2D eigenvalue weighted by Crippen LogP contribution is 1.99. The maximum Gasteiger partial charge on any atom is 0.0692 e. The average Bonchev–Trinajstić information content (AvgIpc) is 1.87. The smallest absolute Gasteiger partial charge is 0.0692 e. The highest BCUT2D eigenvalue weighted by atomic mass is 16.3. The van der Waals surface area contributed by atoms with Crippen molar-refractivity contribution < 1.29 is 5.11 Å². The molecule has 1 nitrogen and oxygen atoms in total. The molecule has 60 valence electrons. The maximum atomic E-state index is 8.82. The van der Waals surface area contributed by atoms with E-state index in [4.69, 9.17) is 5.11 Å². The third-order valence-electron chi connectivity index (χ3n) is 1.39. The SMILES string of the molecule is CCCCCC=CC(C)O. The Morgan fingerprint density at radius 2 is 2.10 bits per heavy atom. The van der Waals surface area contributed by atoms with Crippen molar-refractivity contribution in [3.63, 3.8) is 0 Å². The van der Waals surface area contributed by atoms with Gasteiger partial charge in [0.2, 0.25) is 0 Å². The normalized spacial score (nSPS) is 14.3. The van der Waals surface area contributed by atoms with Crippen molar-refractivity contribution in [1.29, 1.82) is 0 Å². The van der Waals surface area contributed by atoms with Crippen molar-refractivity contribution in [2.24, 2.45) is 0 Å². The van der Waals surface area contributed by atoms with Gasteiger partial charge in [-0.25, -0.2) is 0 Å². The van der Waals surface area contributed by atoms with E-state index in [1.165, 1.54) is 19.3 Å². The topological polar surface area (TPSA) is 20.2 Å². The lowest BCUT2D eigenvalue weighted by atomic mass is 10.2. The molecule has 0 aliphatic heterocycles. The van der Waals surface area contributed by atoms with E-state index in [0.29, 0.717) is 0 Å². The van der Waals surface area contributed by atoms with E-state index < -0.39 is 0 Å². The van der Waals surface area contributed by atoms with Crippen LogP contribution in [0, 0.1) is 0 Å². The predicted molar refractivity (Wildman–Crippen MR) is 45.0 cm³/mol. The monoisotopic (exact) mass is 142 g/mol. The zero-order valence-electron chi connectivity index (χ0n) is 7.01. The number of unbranched alkanes of at least 4 members (excludes halogenated alkanes) is 3. The van der Waals surface area contributed by atoms with Crippen LogP contribution in [-0.4, -0.2) is 11.2 Å². The summed E-state index contributed by atoms with van der Waals surface area (Å²) in [6.07, 6.45) is 8.54. The number of aliphatic hydroxyl groups excluding tert-OH is 1. The van der Waals surface area contributed by atoms with E-state index in [-0.39, 0.29) is 6.10 Å². The molecular weight excluding hydrogens is 124 g/mol. The summed E-state index contributed by atoms with van der Waals surface area (Å²) in [5.41, 5.74) is 0. The van der Waals surface area contributed by atoms with Gasteiger partial charge >= 0.3 is 0 Å². The van der Waals surface area contributed by atoms with E-state index in [2.05, 4.69) is 13.0 Å². The van der Waals surface area contributed by atoms with Gasteiger partial charge in [0.05, 0.1) is 6.10 Å². The van der Waals surface area contributed by atoms with Crippen molar-refractivity contribution in [3.05, 3.63) is 12.2 Å². The van der Waals surface area contributed by atoms with E-state index in [1.807, 2.05) is 6.08 Å². The van der Waals surface area contributed by atoms with Crippen molar-refractivity contribution in [2.45, 2.75) is 45.6 Å². The first kappa shape index (κ1) is 9.70. The molecule has 0 saturated carbocycles. The molecule has 0 heterocycles. The van der Waals surface area contributed by atoms with Gasteiger partial charge in [0.25, 0.3) is 0 Å². The van der Waals surface area contributed by atoms with Gasteiger partial charge in [-0.1, -0.05) is 31.9 Å². The second-order valence-corrected chi connectivity index (χ2v) is 2.66. The Labute approximate surface area is 63.8 Å². The quantitative estimate of drug-likeness (QED) is 0.462. The van der Waals surface area contributed by atoms with Crippen LogP contribution in [0.1, 0.15) is 39.5 Å². The van der Waals surface area contributed by atoms with Crippen molar-refractivity contribution >= 4 is 0 Å². The molecule has 1 unspecified atom stereocenters. The number of rotatable bonds is 5. The van der Waals surface area contributed by atoms with Gasteiger partial charge in [-0.3, -0.25) is 0 Å². The third-order valence-corrected chi connectivity index (χ3v) is 1.39. The minimum absolute atomic E-state index is 0.276. The van der Waals surface area contributed by atoms with Crippen LogP contribution in [0.3, 0.4) is 0 Å². The molecule has 0 aromatic heterocycles. The maximum absolute atomic E-state index is 8.82. The zero-order valence-corrected chi connectivity index (χ0v) is 7.01. The second kappa shape index (κ2) is 6.81. The Hall–Kier alpha value is -0.300. The van der Waals surface area contributed by atoms with Gasteiger partial charge in [-0.05, 0) is 19.8 Å². The Kier molecular flexibility index (Phi) is 6.61. The molecule has 0 aliphatic rings. The number of allylic oxidation sites excluding steroid dienone is 1. The molecule has 0 radical (unpaired) electrons. The summed E-state index contributed by atoms with van der Waals surface area (Å²) in [6, 6.07) is 0. The van der Waals surface area contributed by atoms with E-state index >= 15 is 0 Å². The Bertz CT molecular complexity index is 84.7. The van der Waals surface area contributed by atoms with Crippen LogP contribution in [0.25, 0.3) is 0 Å². The Morgan fingerprint density at radius 3 is 2.60 bits per heavy atom. The number of hydrogen-bond donors (Lipinski definition) is 1. The van der Waals surface area contributed by atoms with E-state index in [1.54, 1.807) is 6.92 Å². The minimum Gasteiger partial charge on any atom is -0.389 e. The van der Waals surface area contributed by atoms with E-state index in [9.17, 15) is 0 Å². The first-order valence-electron chi connectivity index (χ1n) is 4.12. The molecule has 0 rings (SSSR count). The van der Waals surface area contributed by atoms with Crippen molar-refractivity contribution in [2.75, 3.05) is 0 Å². The summed E-state index contributed by atoms with van der Waals surface area (Å²) in [4.78, 5) is 0. The fourth-order valence-electron chi connectivity index (χ4n) is 0.805. The number of hydrogen-bond acceptors (Lipinski definition) is 1. The molecule has 0 saturated heterocycles. The molecule has 0 aromatic carbocycles. The lowest BCUT2D eigenvalue weighted by molar-refractivity contribution is 0.244. The fourth-order valence-corrected chi connectivity index (χ4v) is 0.805. The van der Waals surface area contributed by atoms with Crippen LogP contribution in [0.5, 0.6) is 0 Å². The fraction of sp³-hybridized carbons (Fsp3) is 0.778. The first-order valence-corrected chi connectivity index (χ1v) is 4.12. The predicted octanol–water partition coefficient (Wildman–Crippen LogP) is 2.50. The van der Waals surface area contributed by atoms with Gasteiger partial charge < -0.3 is 5.11 Å². The van der Waals surface area contributed by atoms with Gasteiger partial charge in [0, 0.05) is 0 Å². The molecule has 0 aromatic rings. The summed E-state index contributed by atoms with van der Waals surface area (Å²) < 4.78 is 0. The molecule has 0 bridgehead atoms. The van der Waals surface area contributed by atoms with Gasteiger partial charge in [0.15, 0.2) is 0 Å². The van der Waals surface area contributed by atoms with Crippen LogP contribution >= 0.6 is 0 Å². The second-order valence-electron chi connectivity index (χ2n) is 2.66. The van der Waals surface area contributed by atoms with Gasteiger partial charge in [-0.15, -0.1) is 0 Å². The molecule has 10 heavy (non-hydrogen) atoms. The Balaban J connectivity index is 3.02. The average molecular weight is 142 g/mol. The summed E-state index contributed by atoms with van der Waals surface area (Å²) >= 11 is 0. The van der Waals surface area contributed by atoms with Crippen molar-refractivity contribution in [3.8, 4) is 0 Å². The number of aliphatic hydroxyl groups is 1. The van der Waals surface area contributed by atoms with Crippen LogP contribution in [0.4, 0.5) is 0 Å². The Morgan fingerprint density at radius 1 is 1.40 bits per heavy atom. The molecule has 1 atom stereocenters. The summed E-state index contributed by atoms with van der Waals surface area (Å²) in [7, 11) is 0. The summed E-state index contributed by atoms with van der Waals surface area (Å²) in [6.45, 7) is 3.97.